The molecule has 1 fully saturated rings. The molecule has 36 heavy (non-hydrogen) atoms. The van der Waals surface area contributed by atoms with E-state index in [1.165, 1.54) is 6.20 Å². The maximum Gasteiger partial charge on any atom is 1.00 e. The smallest absolute Gasteiger partial charge is 0.790 e. The summed E-state index contributed by atoms with van der Waals surface area (Å²) in [5.41, 5.74) is 10.1. The van der Waals surface area contributed by atoms with Gasteiger partial charge in [0, 0.05) is 12.6 Å². The van der Waals surface area contributed by atoms with Crippen molar-refractivity contribution in [2.45, 2.75) is 24.9 Å². The summed E-state index contributed by atoms with van der Waals surface area (Å²) in [5.74, 6) is 4.90. The van der Waals surface area contributed by atoms with Crippen LogP contribution in [0.15, 0.2) is 11.0 Å². The Labute approximate surface area is 252 Å². The van der Waals surface area contributed by atoms with Crippen molar-refractivity contribution in [3.8, 4) is 11.8 Å². The number of rotatable bonds is 8. The first-order chi connectivity index (χ1) is 14.6. The van der Waals surface area contributed by atoms with Crippen LogP contribution in [0, 0.1) is 11.8 Å². The summed E-state index contributed by atoms with van der Waals surface area (Å²) in [6.07, 6.45) is -3.03. The van der Waals surface area contributed by atoms with Crippen LogP contribution in [-0.4, -0.2) is 40.0 Å². The summed E-state index contributed by atoms with van der Waals surface area (Å²) < 4.78 is 50.0. The van der Waals surface area contributed by atoms with Crippen LogP contribution in [0.5, 0.6) is 0 Å². The first-order valence-corrected chi connectivity index (χ1v) is 12.6. The van der Waals surface area contributed by atoms with Gasteiger partial charge in [-0.2, -0.15) is 4.98 Å². The van der Waals surface area contributed by atoms with E-state index in [9.17, 15) is 43.2 Å². The van der Waals surface area contributed by atoms with E-state index in [0.29, 0.717) is 0 Å². The molecule has 17 nitrogen and oxygen atoms in total. The van der Waals surface area contributed by atoms with Crippen molar-refractivity contribution in [1.82, 2.24) is 9.55 Å². The van der Waals surface area contributed by atoms with Gasteiger partial charge in [-0.05, 0) is 0 Å². The summed E-state index contributed by atoms with van der Waals surface area (Å²) in [4.78, 5) is 59.0. The molecule has 5 atom stereocenters. The quantitative estimate of drug-likeness (QED) is 0.156. The summed E-state index contributed by atoms with van der Waals surface area (Å²) in [6, 6.07) is 0. The fourth-order valence-electron chi connectivity index (χ4n) is 2.41. The van der Waals surface area contributed by atoms with Crippen molar-refractivity contribution >= 4 is 29.3 Å². The molecule has 5 N–H and O–H groups in total. The van der Waals surface area contributed by atoms with Crippen molar-refractivity contribution in [2.75, 3.05) is 18.9 Å². The van der Waals surface area contributed by atoms with Crippen molar-refractivity contribution in [3.63, 3.8) is 0 Å². The topological polar surface area (TPSA) is 288 Å². The molecule has 0 bridgehead atoms. The Bertz CT molecular complexity index is 1130. The van der Waals surface area contributed by atoms with Crippen LogP contribution >= 0.6 is 23.5 Å². The van der Waals surface area contributed by atoms with E-state index in [-0.39, 0.29) is 99.8 Å². The Kier molecular flexibility index (Phi) is 19.4. The third kappa shape index (κ3) is 13.3. The van der Waals surface area contributed by atoms with Gasteiger partial charge in [0.05, 0.1) is 32.6 Å². The molecule has 1 aromatic rings. The second-order valence-electron chi connectivity index (χ2n) is 5.97. The third-order valence-electron chi connectivity index (χ3n) is 3.62. The van der Waals surface area contributed by atoms with Crippen LogP contribution in [0.1, 0.15) is 18.2 Å². The van der Waals surface area contributed by atoms with Crippen LogP contribution < -0.4 is 112 Å². The van der Waals surface area contributed by atoms with Gasteiger partial charge >= 0.3 is 81.1 Å². The average molecular weight is 544 g/mol. The Morgan fingerprint density at radius 1 is 1.14 bits per heavy atom. The van der Waals surface area contributed by atoms with E-state index in [1.807, 2.05) is 0 Å². The number of hydrogen-bond acceptors (Lipinski definition) is 16. The number of nitrogen functional groups attached to an aromatic ring is 1. The molecule has 1 aliphatic heterocycles. The molecule has 1 saturated heterocycles. The van der Waals surface area contributed by atoms with E-state index in [2.05, 4.69) is 30.0 Å². The average Bonchev–Trinajstić information content (AvgIpc) is 2.97. The molecular formula is C12H15Li4N4O13P3. The van der Waals surface area contributed by atoms with Crippen LogP contribution in [0.25, 0.3) is 0 Å². The number of aromatic nitrogens is 2. The normalized spacial score (nSPS) is 22.1. The molecule has 0 aliphatic carbocycles. The standard InChI is InChI=1S/C12H19N4O13P3.4Li/c13-3-1-2-7-5-16(12(18)15-11(7)14)10-4-8(17)9(27-10)6-26-31(22,23)29-32(24,25)28-30(19,20)21;;;;/h5,8-10,17H,3-4,6,13H2,(H,22,23)(H,24,25)(H2,14,15,18)(H2,19,20,21);;;;/q;4*+1/p-4. The van der Waals surface area contributed by atoms with Crippen LogP contribution in [0.4, 0.5) is 5.82 Å². The molecule has 2 heterocycles. The minimum absolute atomic E-state index is 0. The number of phosphoric acid groups is 3. The zero-order valence-electron chi connectivity index (χ0n) is 19.7. The maximum absolute atomic E-state index is 12.1. The van der Waals surface area contributed by atoms with Gasteiger partial charge in [-0.25, -0.2) is 9.11 Å². The van der Waals surface area contributed by atoms with Gasteiger partial charge < -0.3 is 50.0 Å². The number of anilines is 1. The zero-order valence-corrected chi connectivity index (χ0v) is 22.4. The first-order valence-electron chi connectivity index (χ1n) is 8.25. The van der Waals surface area contributed by atoms with E-state index < -0.39 is 54.2 Å². The molecule has 0 radical (unpaired) electrons. The molecule has 0 saturated carbocycles. The molecule has 0 amide bonds. The van der Waals surface area contributed by atoms with E-state index in [4.69, 9.17) is 16.2 Å². The van der Waals surface area contributed by atoms with Crippen molar-refractivity contribution in [2.24, 2.45) is 5.73 Å². The Hall–Kier alpha value is 0.920. The molecule has 2 rings (SSSR count). The minimum Gasteiger partial charge on any atom is -0.790 e. The molecule has 0 spiro atoms. The summed E-state index contributed by atoms with van der Waals surface area (Å²) in [6.45, 7) is -1.02. The SMILES string of the molecule is NCC#Cc1cn(C2CC(O)C(COP(=O)([O-])OP(=O)([O-])OP(=O)([O-])[O-])O2)c(=O)nc1N.[Li+].[Li+].[Li+].[Li+]. The summed E-state index contributed by atoms with van der Waals surface area (Å²) in [5, 5.41) is 10.1. The van der Waals surface area contributed by atoms with E-state index in [0.717, 1.165) is 4.57 Å². The molecule has 1 aromatic heterocycles. The predicted octanol–water partition coefficient (Wildman–Crippen LogP) is -16.4. The van der Waals surface area contributed by atoms with Gasteiger partial charge in [0.1, 0.15) is 18.1 Å². The number of phosphoric ester groups is 1. The number of nitrogens with two attached hydrogens (primary N) is 2. The molecule has 5 unspecified atom stereocenters. The van der Waals surface area contributed by atoms with Crippen LogP contribution in [0.2, 0.25) is 0 Å². The largest absolute Gasteiger partial charge is 1.00 e. The summed E-state index contributed by atoms with van der Waals surface area (Å²) >= 11 is 0. The number of aliphatic hydroxyl groups is 1. The fraction of sp³-hybridized carbons (Fsp3) is 0.500. The Morgan fingerprint density at radius 3 is 2.25 bits per heavy atom. The van der Waals surface area contributed by atoms with Gasteiger partial charge in [0.2, 0.25) is 0 Å². The van der Waals surface area contributed by atoms with Crippen LogP contribution in [-0.2, 0) is 31.6 Å². The van der Waals surface area contributed by atoms with Crippen molar-refractivity contribution in [3.05, 3.63) is 22.2 Å². The minimum atomic E-state index is -6.13. The van der Waals surface area contributed by atoms with Crippen molar-refractivity contribution < 1.29 is 132 Å². The summed E-state index contributed by atoms with van der Waals surface area (Å²) in [7, 11) is -18.0. The number of hydrogen-bond donors (Lipinski definition) is 3. The molecule has 24 heteroatoms. The van der Waals surface area contributed by atoms with Gasteiger partial charge in [0.25, 0.3) is 15.6 Å². The second-order valence-corrected chi connectivity index (χ2v) is 10.2. The van der Waals surface area contributed by atoms with Gasteiger partial charge in [-0.1, -0.05) is 11.8 Å². The fourth-order valence-corrected chi connectivity index (χ4v) is 5.28. The Balaban J connectivity index is -0.00000272. The monoisotopic (exact) mass is 544 g/mol. The predicted molar refractivity (Wildman–Crippen MR) is 94.3 cm³/mol. The van der Waals surface area contributed by atoms with Gasteiger partial charge in [-0.15, -0.1) is 0 Å². The molecule has 180 valence electrons. The zero-order chi connectivity index (χ0) is 24.3. The maximum atomic E-state index is 12.1. The van der Waals surface area contributed by atoms with E-state index >= 15 is 0 Å². The van der Waals surface area contributed by atoms with Gasteiger partial charge in [0.15, 0.2) is 0 Å². The van der Waals surface area contributed by atoms with Gasteiger partial charge in [-0.3, -0.25) is 18.0 Å². The first kappa shape index (κ1) is 41.4. The number of ether oxygens (including phenoxy) is 1. The Morgan fingerprint density at radius 2 is 1.72 bits per heavy atom. The van der Waals surface area contributed by atoms with Crippen molar-refractivity contribution in [1.29, 1.82) is 0 Å². The molecule has 1 aliphatic rings. The number of aliphatic hydroxyl groups excluding tert-OH is 1. The van der Waals surface area contributed by atoms with E-state index in [1.54, 1.807) is 0 Å². The second kappa shape index (κ2) is 16.9. The van der Waals surface area contributed by atoms with Crippen LogP contribution in [0.3, 0.4) is 0 Å². The third-order valence-corrected chi connectivity index (χ3v) is 7.28. The molecular weight excluding hydrogens is 529 g/mol. The number of nitrogens with zero attached hydrogens (tertiary/aromatic N) is 2. The molecule has 0 aromatic carbocycles.